The molecule has 1 atom stereocenters. The number of nitrogens with zero attached hydrogens (tertiary/aromatic N) is 4. The number of hydrogen-bond acceptors (Lipinski definition) is 5. The highest BCUT2D eigenvalue weighted by Crippen LogP contribution is 2.40. The maximum atomic E-state index is 5.88. The lowest BCUT2D eigenvalue weighted by atomic mass is 9.96. The minimum Gasteiger partial charge on any atom is -0.360 e. The van der Waals surface area contributed by atoms with Crippen LogP contribution in [0.15, 0.2) is 18.7 Å². The highest BCUT2D eigenvalue weighted by atomic mass is 15.3. The van der Waals surface area contributed by atoms with Crippen LogP contribution in [0.5, 0.6) is 0 Å². The molecular formula is C11H16N6. The summed E-state index contributed by atoms with van der Waals surface area (Å²) in [5, 5.41) is 11.4. The van der Waals surface area contributed by atoms with Gasteiger partial charge in [-0.1, -0.05) is 0 Å². The fraction of sp³-hybridized carbons (Fsp3) is 0.545. The number of fused-ring (bicyclic) bond motifs is 1. The first kappa shape index (κ1) is 10.5. The first-order chi connectivity index (χ1) is 8.23. The van der Waals surface area contributed by atoms with E-state index in [9.17, 15) is 0 Å². The molecule has 0 spiro atoms. The van der Waals surface area contributed by atoms with Crippen molar-refractivity contribution in [3.8, 4) is 0 Å². The molecule has 6 nitrogen and oxygen atoms in total. The number of rotatable bonds is 4. The number of anilines is 1. The van der Waals surface area contributed by atoms with E-state index in [2.05, 4.69) is 27.4 Å². The summed E-state index contributed by atoms with van der Waals surface area (Å²) in [7, 11) is 0. The topological polar surface area (TPSA) is 81.1 Å². The summed E-state index contributed by atoms with van der Waals surface area (Å²) in [4.78, 5) is 4.33. The third kappa shape index (κ3) is 1.74. The van der Waals surface area contributed by atoms with Crippen LogP contribution in [0, 0.1) is 5.92 Å². The van der Waals surface area contributed by atoms with Crippen LogP contribution in [0.1, 0.15) is 19.8 Å². The molecule has 0 saturated heterocycles. The van der Waals surface area contributed by atoms with Crippen molar-refractivity contribution in [1.82, 2.24) is 19.6 Å². The van der Waals surface area contributed by atoms with Crippen molar-refractivity contribution in [3.05, 3.63) is 18.7 Å². The Bertz CT molecular complexity index is 531. The lowest BCUT2D eigenvalue weighted by Gasteiger charge is -2.30. The summed E-state index contributed by atoms with van der Waals surface area (Å²) in [6.45, 7) is 2.74. The standard InChI is InChI=1S/C11H16N6/c1-11(6-12,8-2-3-8)15-9-10-16-14-7-17(10)5-4-13-9/h4-5,7-8H,2-3,6,12H2,1H3,(H,13,15). The largest absolute Gasteiger partial charge is 0.360 e. The zero-order valence-corrected chi connectivity index (χ0v) is 9.80. The van der Waals surface area contributed by atoms with Crippen LogP contribution in [0.4, 0.5) is 5.82 Å². The Labute approximate surface area is 99.3 Å². The fourth-order valence-corrected chi connectivity index (χ4v) is 2.16. The van der Waals surface area contributed by atoms with Gasteiger partial charge >= 0.3 is 0 Å². The number of nitrogens with one attached hydrogen (secondary N) is 1. The molecule has 2 heterocycles. The summed E-state index contributed by atoms with van der Waals surface area (Å²) in [5.74, 6) is 1.39. The molecule has 1 aliphatic rings. The predicted molar refractivity (Wildman–Crippen MR) is 64.6 cm³/mol. The number of aromatic nitrogens is 4. The van der Waals surface area contributed by atoms with Crippen molar-refractivity contribution < 1.29 is 0 Å². The molecule has 3 N–H and O–H groups in total. The van der Waals surface area contributed by atoms with Gasteiger partial charge in [0.15, 0.2) is 5.82 Å². The average Bonchev–Trinajstić information content (AvgIpc) is 3.09. The van der Waals surface area contributed by atoms with E-state index in [1.54, 1.807) is 12.5 Å². The molecule has 1 saturated carbocycles. The molecule has 1 fully saturated rings. The maximum Gasteiger partial charge on any atom is 0.203 e. The molecule has 0 aliphatic heterocycles. The molecule has 0 aromatic carbocycles. The van der Waals surface area contributed by atoms with Crippen LogP contribution in [-0.2, 0) is 0 Å². The Hall–Kier alpha value is -1.69. The first-order valence-electron chi connectivity index (χ1n) is 5.85. The summed E-state index contributed by atoms with van der Waals surface area (Å²) in [6.07, 6.45) is 7.70. The summed E-state index contributed by atoms with van der Waals surface area (Å²) in [6, 6.07) is 0. The van der Waals surface area contributed by atoms with Gasteiger partial charge in [-0.25, -0.2) is 4.98 Å². The Morgan fingerprint density at radius 2 is 2.41 bits per heavy atom. The Kier molecular flexibility index (Phi) is 2.25. The van der Waals surface area contributed by atoms with Gasteiger partial charge in [0.25, 0.3) is 0 Å². The Morgan fingerprint density at radius 1 is 1.59 bits per heavy atom. The molecule has 0 amide bonds. The second-order valence-electron chi connectivity index (χ2n) is 4.86. The van der Waals surface area contributed by atoms with Gasteiger partial charge < -0.3 is 11.1 Å². The molecule has 2 aromatic rings. The normalized spacial score (nSPS) is 19.2. The predicted octanol–water partition coefficient (Wildman–Crippen LogP) is 0.664. The van der Waals surface area contributed by atoms with Gasteiger partial charge in [0.1, 0.15) is 6.33 Å². The smallest absolute Gasteiger partial charge is 0.203 e. The van der Waals surface area contributed by atoms with Crippen LogP contribution in [0.2, 0.25) is 0 Å². The Morgan fingerprint density at radius 3 is 3.12 bits per heavy atom. The number of hydrogen-bond donors (Lipinski definition) is 2. The van der Waals surface area contributed by atoms with E-state index in [1.807, 2.05) is 10.6 Å². The van der Waals surface area contributed by atoms with Crippen LogP contribution in [0.3, 0.4) is 0 Å². The van der Waals surface area contributed by atoms with E-state index in [0.717, 1.165) is 11.5 Å². The molecule has 0 bridgehead atoms. The van der Waals surface area contributed by atoms with Crippen LogP contribution in [-0.4, -0.2) is 31.7 Å². The average molecular weight is 232 g/mol. The third-order valence-electron chi connectivity index (χ3n) is 3.52. The molecule has 17 heavy (non-hydrogen) atoms. The van der Waals surface area contributed by atoms with E-state index in [4.69, 9.17) is 5.73 Å². The fourth-order valence-electron chi connectivity index (χ4n) is 2.16. The molecule has 0 radical (unpaired) electrons. The minimum absolute atomic E-state index is 0.0964. The Balaban J connectivity index is 1.96. The highest BCUT2D eigenvalue weighted by Gasteiger charge is 2.41. The van der Waals surface area contributed by atoms with Crippen molar-refractivity contribution in [1.29, 1.82) is 0 Å². The lowest BCUT2D eigenvalue weighted by Crippen LogP contribution is -2.45. The molecule has 1 aliphatic carbocycles. The second-order valence-corrected chi connectivity index (χ2v) is 4.86. The van der Waals surface area contributed by atoms with Gasteiger partial charge in [0.05, 0.1) is 5.54 Å². The van der Waals surface area contributed by atoms with Gasteiger partial charge in [-0.2, -0.15) is 0 Å². The SMILES string of the molecule is CC(CN)(Nc1nccn2cnnc12)C1CC1. The second kappa shape index (κ2) is 3.66. The highest BCUT2D eigenvalue weighted by molar-refractivity contribution is 5.62. The third-order valence-corrected chi connectivity index (χ3v) is 3.52. The summed E-state index contributed by atoms with van der Waals surface area (Å²) < 4.78 is 1.85. The van der Waals surface area contributed by atoms with Gasteiger partial charge in [0.2, 0.25) is 5.65 Å². The number of nitrogens with two attached hydrogens (primary N) is 1. The van der Waals surface area contributed by atoms with E-state index in [1.165, 1.54) is 12.8 Å². The summed E-state index contributed by atoms with van der Waals surface area (Å²) >= 11 is 0. The molecular weight excluding hydrogens is 216 g/mol. The molecule has 90 valence electrons. The van der Waals surface area contributed by atoms with E-state index >= 15 is 0 Å². The van der Waals surface area contributed by atoms with Crippen molar-refractivity contribution in [2.24, 2.45) is 11.7 Å². The monoisotopic (exact) mass is 232 g/mol. The van der Waals surface area contributed by atoms with Crippen LogP contribution < -0.4 is 11.1 Å². The maximum absolute atomic E-state index is 5.88. The first-order valence-corrected chi connectivity index (χ1v) is 5.85. The molecule has 2 aromatic heterocycles. The van der Waals surface area contributed by atoms with Gasteiger partial charge in [-0.15, -0.1) is 10.2 Å². The summed E-state index contributed by atoms with van der Waals surface area (Å²) in [5.41, 5.74) is 6.53. The van der Waals surface area contributed by atoms with Crippen molar-refractivity contribution in [2.75, 3.05) is 11.9 Å². The van der Waals surface area contributed by atoms with Gasteiger partial charge in [0, 0.05) is 18.9 Å². The van der Waals surface area contributed by atoms with Crippen molar-refractivity contribution in [2.45, 2.75) is 25.3 Å². The van der Waals surface area contributed by atoms with E-state index in [0.29, 0.717) is 12.5 Å². The zero-order chi connectivity index (χ0) is 11.9. The quantitative estimate of drug-likeness (QED) is 0.809. The van der Waals surface area contributed by atoms with Crippen LogP contribution >= 0.6 is 0 Å². The van der Waals surface area contributed by atoms with Crippen molar-refractivity contribution in [3.63, 3.8) is 0 Å². The van der Waals surface area contributed by atoms with Gasteiger partial charge in [-0.3, -0.25) is 4.40 Å². The molecule has 6 heteroatoms. The zero-order valence-electron chi connectivity index (χ0n) is 9.80. The van der Waals surface area contributed by atoms with E-state index < -0.39 is 0 Å². The van der Waals surface area contributed by atoms with Crippen LogP contribution in [0.25, 0.3) is 5.65 Å². The lowest BCUT2D eigenvalue weighted by molar-refractivity contribution is 0.458. The molecule has 3 rings (SSSR count). The van der Waals surface area contributed by atoms with E-state index in [-0.39, 0.29) is 5.54 Å². The minimum atomic E-state index is -0.0964. The van der Waals surface area contributed by atoms with Gasteiger partial charge in [-0.05, 0) is 25.7 Å². The molecule has 1 unspecified atom stereocenters. The van der Waals surface area contributed by atoms with Crippen molar-refractivity contribution >= 4 is 11.5 Å².